The molecule has 0 fully saturated rings. The summed E-state index contributed by atoms with van der Waals surface area (Å²) in [5.74, 6) is 1.46. The summed E-state index contributed by atoms with van der Waals surface area (Å²) >= 11 is 3.54. The Bertz CT molecular complexity index is 390. The van der Waals surface area contributed by atoms with Crippen molar-refractivity contribution in [3.05, 3.63) is 28.2 Å². The minimum Gasteiger partial charge on any atom is -0.371 e. The summed E-state index contributed by atoms with van der Waals surface area (Å²) in [5, 5.41) is 0. The van der Waals surface area contributed by atoms with Crippen LogP contribution in [0.4, 0.5) is 5.69 Å². The average molecular weight is 341 g/mol. The van der Waals surface area contributed by atoms with E-state index in [2.05, 4.69) is 66.7 Å². The van der Waals surface area contributed by atoms with Gasteiger partial charge in [0.2, 0.25) is 0 Å². The number of anilines is 1. The smallest absolute Gasteiger partial charge is 0.0412 e. The number of nitrogens with two attached hydrogens (primary N) is 1. The monoisotopic (exact) mass is 340 g/mol. The van der Waals surface area contributed by atoms with Crippen molar-refractivity contribution in [3.8, 4) is 0 Å². The summed E-state index contributed by atoms with van der Waals surface area (Å²) in [7, 11) is 0. The first kappa shape index (κ1) is 17.5. The molecule has 0 atom stereocenters. The maximum Gasteiger partial charge on any atom is 0.0412 e. The third kappa shape index (κ3) is 5.84. The van der Waals surface area contributed by atoms with Crippen molar-refractivity contribution in [2.45, 2.75) is 47.1 Å². The lowest BCUT2D eigenvalue weighted by atomic mass is 10.1. The lowest BCUT2D eigenvalue weighted by Gasteiger charge is -2.28. The molecule has 2 nitrogen and oxygen atoms in total. The molecule has 1 aromatic rings. The maximum absolute atomic E-state index is 5.92. The van der Waals surface area contributed by atoms with E-state index >= 15 is 0 Å². The molecule has 0 aliphatic heterocycles. The van der Waals surface area contributed by atoms with Gasteiger partial charge in [0.1, 0.15) is 0 Å². The molecule has 0 saturated carbocycles. The Morgan fingerprint density at radius 2 is 1.60 bits per heavy atom. The third-order valence-electron chi connectivity index (χ3n) is 3.55. The molecule has 0 spiro atoms. The number of hydrogen-bond acceptors (Lipinski definition) is 2. The maximum atomic E-state index is 5.92. The van der Waals surface area contributed by atoms with Crippen molar-refractivity contribution >= 4 is 21.6 Å². The zero-order valence-electron chi connectivity index (χ0n) is 13.3. The van der Waals surface area contributed by atoms with Gasteiger partial charge >= 0.3 is 0 Å². The minimum atomic E-state index is 0.592. The molecular weight excluding hydrogens is 312 g/mol. The summed E-state index contributed by atoms with van der Waals surface area (Å²) in [6.07, 6.45) is 2.44. The summed E-state index contributed by atoms with van der Waals surface area (Å²) in [5.41, 5.74) is 8.45. The molecule has 0 bridgehead atoms. The first-order valence-corrected chi connectivity index (χ1v) is 8.46. The highest BCUT2D eigenvalue weighted by Gasteiger charge is 2.12. The molecule has 20 heavy (non-hydrogen) atoms. The Kier molecular flexibility index (Phi) is 7.60. The molecule has 2 N–H and O–H groups in total. The molecule has 0 aliphatic carbocycles. The topological polar surface area (TPSA) is 29.3 Å². The molecule has 0 radical (unpaired) electrons. The van der Waals surface area contributed by atoms with Crippen molar-refractivity contribution in [1.29, 1.82) is 0 Å². The van der Waals surface area contributed by atoms with E-state index in [0.29, 0.717) is 6.54 Å². The van der Waals surface area contributed by atoms with E-state index < -0.39 is 0 Å². The number of rotatable bonds is 8. The third-order valence-corrected chi connectivity index (χ3v) is 4.05. The fraction of sp³-hybridized carbons (Fsp3) is 0.647. The predicted octanol–water partition coefficient (Wildman–Crippen LogP) is 4.81. The van der Waals surface area contributed by atoms with Crippen molar-refractivity contribution in [3.63, 3.8) is 0 Å². The first-order valence-electron chi connectivity index (χ1n) is 7.67. The minimum absolute atomic E-state index is 0.592. The van der Waals surface area contributed by atoms with Gasteiger partial charge in [0.15, 0.2) is 0 Å². The van der Waals surface area contributed by atoms with Crippen LogP contribution in [0.3, 0.4) is 0 Å². The zero-order chi connectivity index (χ0) is 15.1. The molecule has 3 heteroatoms. The van der Waals surface area contributed by atoms with Gasteiger partial charge in [0, 0.05) is 29.8 Å². The van der Waals surface area contributed by atoms with Gasteiger partial charge in [-0.05, 0) is 48.4 Å². The van der Waals surface area contributed by atoms with Crippen molar-refractivity contribution in [2.75, 3.05) is 18.0 Å². The van der Waals surface area contributed by atoms with Crippen LogP contribution < -0.4 is 10.6 Å². The summed E-state index contributed by atoms with van der Waals surface area (Å²) in [6.45, 7) is 11.9. The SMILES string of the molecule is CC(C)CCN(CCC(C)C)c1ccc(Br)cc1CN. The molecule has 1 aromatic carbocycles. The Balaban J connectivity index is 2.89. The van der Waals surface area contributed by atoms with Gasteiger partial charge in [0.05, 0.1) is 0 Å². The van der Waals surface area contributed by atoms with Crippen LogP contribution in [-0.2, 0) is 6.54 Å². The van der Waals surface area contributed by atoms with E-state index in [9.17, 15) is 0 Å². The Hall–Kier alpha value is -0.540. The summed E-state index contributed by atoms with van der Waals surface area (Å²) < 4.78 is 1.11. The molecule has 114 valence electrons. The van der Waals surface area contributed by atoms with Crippen LogP contribution in [0.1, 0.15) is 46.1 Å². The van der Waals surface area contributed by atoms with E-state index in [1.165, 1.54) is 24.1 Å². The van der Waals surface area contributed by atoms with Gasteiger partial charge in [0.25, 0.3) is 0 Å². The zero-order valence-corrected chi connectivity index (χ0v) is 14.9. The fourth-order valence-electron chi connectivity index (χ4n) is 2.21. The Labute approximate surface area is 132 Å². The van der Waals surface area contributed by atoms with Crippen LogP contribution in [0.25, 0.3) is 0 Å². The average Bonchev–Trinajstić information content (AvgIpc) is 2.38. The van der Waals surface area contributed by atoms with Crippen LogP contribution in [-0.4, -0.2) is 13.1 Å². The van der Waals surface area contributed by atoms with Crippen molar-refractivity contribution in [2.24, 2.45) is 17.6 Å². The molecule has 0 unspecified atom stereocenters. The summed E-state index contributed by atoms with van der Waals surface area (Å²) in [6, 6.07) is 6.46. The molecule has 0 heterocycles. The van der Waals surface area contributed by atoms with Gasteiger partial charge < -0.3 is 10.6 Å². The van der Waals surface area contributed by atoms with E-state index in [-0.39, 0.29) is 0 Å². The van der Waals surface area contributed by atoms with Crippen LogP contribution in [0, 0.1) is 11.8 Å². The summed E-state index contributed by atoms with van der Waals surface area (Å²) in [4.78, 5) is 2.51. The molecular formula is C17H29BrN2. The number of hydrogen-bond donors (Lipinski definition) is 1. The van der Waals surface area contributed by atoms with E-state index in [1.807, 2.05) is 0 Å². The van der Waals surface area contributed by atoms with Gasteiger partial charge in [-0.3, -0.25) is 0 Å². The standard InChI is InChI=1S/C17H29BrN2/c1-13(2)7-9-20(10-8-14(3)4)17-6-5-16(18)11-15(17)12-19/h5-6,11,13-14H,7-10,12,19H2,1-4H3. The molecule has 1 rings (SSSR count). The highest BCUT2D eigenvalue weighted by Crippen LogP contribution is 2.26. The largest absolute Gasteiger partial charge is 0.371 e. The number of nitrogens with zero attached hydrogens (tertiary/aromatic N) is 1. The second-order valence-electron chi connectivity index (χ2n) is 6.33. The second-order valence-corrected chi connectivity index (χ2v) is 7.24. The second kappa shape index (κ2) is 8.68. The van der Waals surface area contributed by atoms with Gasteiger partial charge in [-0.2, -0.15) is 0 Å². The highest BCUT2D eigenvalue weighted by molar-refractivity contribution is 9.10. The van der Waals surface area contributed by atoms with Gasteiger partial charge in [-0.1, -0.05) is 43.6 Å². The fourth-order valence-corrected chi connectivity index (χ4v) is 2.62. The van der Waals surface area contributed by atoms with E-state index in [0.717, 1.165) is 29.4 Å². The van der Waals surface area contributed by atoms with Crippen LogP contribution >= 0.6 is 15.9 Å². The molecule has 0 amide bonds. The quantitative estimate of drug-likeness (QED) is 0.735. The Morgan fingerprint density at radius 1 is 1.05 bits per heavy atom. The Morgan fingerprint density at radius 3 is 2.05 bits per heavy atom. The molecule has 0 aromatic heterocycles. The normalized spacial score (nSPS) is 11.4. The highest BCUT2D eigenvalue weighted by atomic mass is 79.9. The number of halogens is 1. The van der Waals surface area contributed by atoms with Crippen LogP contribution in [0.2, 0.25) is 0 Å². The van der Waals surface area contributed by atoms with E-state index in [4.69, 9.17) is 5.73 Å². The predicted molar refractivity (Wildman–Crippen MR) is 93.2 cm³/mol. The van der Waals surface area contributed by atoms with E-state index in [1.54, 1.807) is 0 Å². The van der Waals surface area contributed by atoms with Crippen LogP contribution in [0.5, 0.6) is 0 Å². The number of benzene rings is 1. The van der Waals surface area contributed by atoms with Crippen molar-refractivity contribution in [1.82, 2.24) is 0 Å². The molecule has 0 aliphatic rings. The van der Waals surface area contributed by atoms with Crippen LogP contribution in [0.15, 0.2) is 22.7 Å². The first-order chi connectivity index (χ1) is 9.43. The van der Waals surface area contributed by atoms with Gasteiger partial charge in [-0.25, -0.2) is 0 Å². The lowest BCUT2D eigenvalue weighted by molar-refractivity contribution is 0.534. The van der Waals surface area contributed by atoms with Crippen molar-refractivity contribution < 1.29 is 0 Å². The lowest BCUT2D eigenvalue weighted by Crippen LogP contribution is -2.28. The molecule has 0 saturated heterocycles. The van der Waals surface area contributed by atoms with Gasteiger partial charge in [-0.15, -0.1) is 0 Å².